The molecule has 1 aliphatic rings. The van der Waals surface area contributed by atoms with Gasteiger partial charge in [0.2, 0.25) is 6.41 Å². The molecule has 0 saturated heterocycles. The smallest absolute Gasteiger partial charge is 0.211 e. The molecule has 1 aromatic rings. The molecule has 2 rings (SSSR count). The Kier molecular flexibility index (Phi) is 5.65. The summed E-state index contributed by atoms with van der Waals surface area (Å²) in [7, 11) is 0. The maximum atomic E-state index is 10.7. The van der Waals surface area contributed by atoms with Gasteiger partial charge in [0.15, 0.2) is 0 Å². The highest BCUT2D eigenvalue weighted by molar-refractivity contribution is 6.01. The fourth-order valence-electron chi connectivity index (χ4n) is 2.43. The first kappa shape index (κ1) is 17.6. The molecule has 1 amide bonds. The van der Waals surface area contributed by atoms with Crippen LogP contribution in [0.3, 0.4) is 0 Å². The maximum absolute atomic E-state index is 10.7. The number of aryl methyl sites for hydroxylation is 1. The van der Waals surface area contributed by atoms with Gasteiger partial charge in [0.25, 0.3) is 0 Å². The Morgan fingerprint density at radius 3 is 2.96 bits per heavy atom. The Morgan fingerprint density at radius 2 is 2.29 bits per heavy atom. The van der Waals surface area contributed by atoms with Crippen LogP contribution in [0.1, 0.15) is 37.2 Å². The molecule has 24 heavy (non-hydrogen) atoms. The van der Waals surface area contributed by atoms with Crippen molar-refractivity contribution in [2.24, 2.45) is 0 Å². The standard InChI is InChI=1S/C18H22N4O2/c1-4-15(19)11(2)8-14-12(3)21-22-18(14)13-6-5-7-17(24)16(9-13)20-10-23/h5-10,17,19,24H,4H2,1-3H3,(H,20,23)(H,21,22)/b11-8+,19-15?. The van der Waals surface area contributed by atoms with E-state index >= 15 is 0 Å². The molecule has 6 heteroatoms. The van der Waals surface area contributed by atoms with E-state index in [0.717, 1.165) is 22.4 Å². The van der Waals surface area contributed by atoms with Crippen molar-refractivity contribution in [3.63, 3.8) is 0 Å². The van der Waals surface area contributed by atoms with Crippen LogP contribution in [0, 0.1) is 12.3 Å². The molecule has 1 aliphatic carbocycles. The second-order valence-corrected chi connectivity index (χ2v) is 5.58. The van der Waals surface area contributed by atoms with E-state index in [1.165, 1.54) is 0 Å². The number of aromatic amines is 1. The van der Waals surface area contributed by atoms with Crippen LogP contribution in [0.25, 0.3) is 11.6 Å². The average molecular weight is 326 g/mol. The molecule has 0 spiro atoms. The van der Waals surface area contributed by atoms with Crippen LogP contribution in [0.4, 0.5) is 0 Å². The number of carbonyl (C=O) groups is 1. The second-order valence-electron chi connectivity index (χ2n) is 5.58. The van der Waals surface area contributed by atoms with Crippen molar-refractivity contribution in [3.05, 3.63) is 52.5 Å². The number of nitrogens with one attached hydrogen (secondary N) is 3. The molecule has 0 bridgehead atoms. The molecule has 1 unspecified atom stereocenters. The van der Waals surface area contributed by atoms with Crippen LogP contribution < -0.4 is 5.32 Å². The van der Waals surface area contributed by atoms with Crippen molar-refractivity contribution in [1.82, 2.24) is 15.5 Å². The van der Waals surface area contributed by atoms with E-state index in [-0.39, 0.29) is 0 Å². The zero-order chi connectivity index (χ0) is 17.7. The maximum Gasteiger partial charge on any atom is 0.211 e. The van der Waals surface area contributed by atoms with Crippen LogP contribution in [0.15, 0.2) is 35.6 Å². The summed E-state index contributed by atoms with van der Waals surface area (Å²) < 4.78 is 0. The zero-order valence-corrected chi connectivity index (χ0v) is 14.1. The van der Waals surface area contributed by atoms with E-state index in [1.54, 1.807) is 18.2 Å². The number of carbonyl (C=O) groups excluding carboxylic acids is 1. The van der Waals surface area contributed by atoms with Gasteiger partial charge in [-0.2, -0.15) is 5.10 Å². The van der Waals surface area contributed by atoms with Gasteiger partial charge in [-0.1, -0.05) is 25.2 Å². The van der Waals surface area contributed by atoms with Gasteiger partial charge in [-0.3, -0.25) is 9.89 Å². The predicted octanol–water partition coefficient (Wildman–Crippen LogP) is 2.50. The molecule has 1 aromatic heterocycles. The molecule has 0 fully saturated rings. The summed E-state index contributed by atoms with van der Waals surface area (Å²) in [5.41, 5.74) is 5.09. The van der Waals surface area contributed by atoms with Crippen LogP contribution in [0.2, 0.25) is 0 Å². The third-order valence-corrected chi connectivity index (χ3v) is 3.88. The highest BCUT2D eigenvalue weighted by atomic mass is 16.3. The summed E-state index contributed by atoms with van der Waals surface area (Å²) in [5, 5.41) is 27.8. The summed E-state index contributed by atoms with van der Waals surface area (Å²) in [6.07, 6.45) is 9.11. The Hall–Kier alpha value is -2.73. The third-order valence-electron chi connectivity index (χ3n) is 3.88. The Morgan fingerprint density at radius 1 is 1.54 bits per heavy atom. The number of aliphatic hydroxyl groups is 1. The number of hydrogen-bond acceptors (Lipinski definition) is 4. The topological polar surface area (TPSA) is 102 Å². The Balaban J connectivity index is 2.50. The molecule has 1 heterocycles. The van der Waals surface area contributed by atoms with E-state index in [4.69, 9.17) is 5.41 Å². The number of hydrogen-bond donors (Lipinski definition) is 4. The van der Waals surface area contributed by atoms with Crippen LogP contribution in [-0.2, 0) is 4.79 Å². The summed E-state index contributed by atoms with van der Waals surface area (Å²) >= 11 is 0. The summed E-state index contributed by atoms with van der Waals surface area (Å²) in [4.78, 5) is 10.7. The van der Waals surface area contributed by atoms with Crippen LogP contribution in [0.5, 0.6) is 0 Å². The molecule has 6 nitrogen and oxygen atoms in total. The molecule has 0 radical (unpaired) electrons. The van der Waals surface area contributed by atoms with E-state index in [1.807, 2.05) is 32.9 Å². The monoisotopic (exact) mass is 326 g/mol. The first-order valence-electron chi connectivity index (χ1n) is 7.77. The van der Waals surface area contributed by atoms with Gasteiger partial charge in [-0.15, -0.1) is 0 Å². The number of amides is 1. The van der Waals surface area contributed by atoms with Crippen LogP contribution >= 0.6 is 0 Å². The Labute approximate surface area is 141 Å². The highest BCUT2D eigenvalue weighted by Gasteiger charge is 2.16. The number of allylic oxidation sites excluding steroid dienone is 5. The number of rotatable bonds is 6. The van der Waals surface area contributed by atoms with Crippen LogP contribution in [-0.4, -0.2) is 33.5 Å². The van der Waals surface area contributed by atoms with Crippen molar-refractivity contribution in [1.29, 1.82) is 5.41 Å². The van der Waals surface area contributed by atoms with Gasteiger partial charge in [-0.05, 0) is 38.0 Å². The molecule has 4 N–H and O–H groups in total. The normalized spacial score (nSPS) is 17.8. The van der Waals surface area contributed by atoms with E-state index in [0.29, 0.717) is 29.9 Å². The van der Waals surface area contributed by atoms with Gasteiger partial charge < -0.3 is 15.8 Å². The minimum atomic E-state index is -0.877. The number of H-pyrrole nitrogens is 1. The summed E-state index contributed by atoms with van der Waals surface area (Å²) in [6, 6.07) is 0. The molecular weight excluding hydrogens is 304 g/mol. The van der Waals surface area contributed by atoms with Gasteiger partial charge in [0.1, 0.15) is 6.10 Å². The van der Waals surface area contributed by atoms with Crippen molar-refractivity contribution in [2.75, 3.05) is 0 Å². The first-order valence-corrected chi connectivity index (χ1v) is 7.77. The Bertz CT molecular complexity index is 766. The van der Waals surface area contributed by atoms with Crippen molar-refractivity contribution < 1.29 is 9.90 Å². The third kappa shape index (κ3) is 3.78. The molecule has 126 valence electrons. The van der Waals surface area contributed by atoms with E-state index < -0.39 is 6.10 Å². The minimum absolute atomic E-state index is 0.388. The fourth-order valence-corrected chi connectivity index (χ4v) is 2.43. The minimum Gasteiger partial charge on any atom is -0.383 e. The first-order chi connectivity index (χ1) is 11.5. The molecule has 1 atom stereocenters. The van der Waals surface area contributed by atoms with Crippen molar-refractivity contribution in [3.8, 4) is 0 Å². The van der Waals surface area contributed by atoms with E-state index in [2.05, 4.69) is 15.5 Å². The van der Waals surface area contributed by atoms with Gasteiger partial charge in [-0.25, -0.2) is 0 Å². The lowest BCUT2D eigenvalue weighted by Crippen LogP contribution is -2.21. The molecule has 0 saturated carbocycles. The molecular formula is C18H22N4O2. The number of aliphatic hydroxyl groups excluding tert-OH is 1. The fraction of sp³-hybridized carbons (Fsp3) is 0.278. The average Bonchev–Trinajstić information content (AvgIpc) is 2.82. The lowest BCUT2D eigenvalue weighted by atomic mass is 10.0. The molecule has 0 aromatic carbocycles. The molecule has 0 aliphatic heterocycles. The van der Waals surface area contributed by atoms with E-state index in [9.17, 15) is 9.90 Å². The van der Waals surface area contributed by atoms with Gasteiger partial charge in [0, 0.05) is 22.5 Å². The van der Waals surface area contributed by atoms with Crippen molar-refractivity contribution >= 4 is 23.8 Å². The lowest BCUT2D eigenvalue weighted by molar-refractivity contribution is -0.109. The number of nitrogens with zero attached hydrogens (tertiary/aromatic N) is 1. The zero-order valence-electron chi connectivity index (χ0n) is 14.1. The second kappa shape index (κ2) is 7.70. The van der Waals surface area contributed by atoms with Gasteiger partial charge in [0.05, 0.1) is 11.4 Å². The predicted molar refractivity (Wildman–Crippen MR) is 95.4 cm³/mol. The largest absolute Gasteiger partial charge is 0.383 e. The van der Waals surface area contributed by atoms with Gasteiger partial charge >= 0.3 is 0 Å². The SMILES string of the molecule is CCC(=N)/C(C)=C/c1c(C2=CC=CC(O)C(NC=O)=C2)n[nH]c1C. The lowest BCUT2D eigenvalue weighted by Gasteiger charge is -2.09. The number of aromatic nitrogens is 2. The summed E-state index contributed by atoms with van der Waals surface area (Å²) in [6.45, 7) is 5.77. The van der Waals surface area contributed by atoms with Crippen molar-refractivity contribution in [2.45, 2.75) is 33.3 Å². The summed E-state index contributed by atoms with van der Waals surface area (Å²) in [5.74, 6) is 0. The highest BCUT2D eigenvalue weighted by Crippen LogP contribution is 2.26. The quantitative estimate of drug-likeness (QED) is 0.477.